The highest BCUT2D eigenvalue weighted by molar-refractivity contribution is 7.99. The van der Waals surface area contributed by atoms with Gasteiger partial charge in [0.1, 0.15) is 5.02 Å². The smallest absolute Gasteiger partial charge is 0.229 e. The molecule has 4 nitrogen and oxygen atoms in total. The Morgan fingerprint density at radius 2 is 1.83 bits per heavy atom. The van der Waals surface area contributed by atoms with Gasteiger partial charge in [-0.05, 0) is 42.3 Å². The van der Waals surface area contributed by atoms with E-state index in [-0.39, 0.29) is 0 Å². The van der Waals surface area contributed by atoms with Crippen LogP contribution in [0.25, 0.3) is 0 Å². The summed E-state index contributed by atoms with van der Waals surface area (Å²) in [6.45, 7) is 0. The van der Waals surface area contributed by atoms with Crippen molar-refractivity contribution in [2.45, 2.75) is 11.3 Å². The molecule has 0 fully saturated rings. The van der Waals surface area contributed by atoms with Crippen molar-refractivity contribution in [3.05, 3.63) is 65.3 Å². The fourth-order valence-electron chi connectivity index (χ4n) is 2.54. The monoisotopic (exact) mass is 354 g/mol. The molecule has 2 heterocycles. The molecule has 120 valence electrons. The Morgan fingerprint density at radius 1 is 1.00 bits per heavy atom. The largest absolute Gasteiger partial charge is 0.339 e. The van der Waals surface area contributed by atoms with Crippen LogP contribution in [-0.2, 0) is 6.42 Å². The van der Waals surface area contributed by atoms with Gasteiger partial charge >= 0.3 is 0 Å². The molecule has 2 aromatic carbocycles. The molecule has 1 aliphatic rings. The number of rotatable bonds is 0. The van der Waals surface area contributed by atoms with Crippen molar-refractivity contribution in [1.29, 1.82) is 0 Å². The molecule has 0 spiro atoms. The number of anilines is 4. The van der Waals surface area contributed by atoms with Crippen LogP contribution in [0, 0.1) is 0 Å². The second-order valence-electron chi connectivity index (χ2n) is 5.47. The zero-order valence-corrected chi connectivity index (χ0v) is 14.4. The normalized spacial score (nSPS) is 13.4. The molecule has 1 aromatic heterocycles. The number of hydrogen-bond acceptors (Lipinski definition) is 5. The molecule has 6 heteroatoms. The van der Waals surface area contributed by atoms with E-state index < -0.39 is 0 Å². The molecule has 1 aliphatic heterocycles. The molecular formula is C18H15ClN4S. The van der Waals surface area contributed by atoms with Crippen LogP contribution < -0.4 is 10.6 Å². The zero-order valence-electron chi connectivity index (χ0n) is 12.8. The number of nitrogens with zero attached hydrogens (tertiary/aromatic N) is 2. The van der Waals surface area contributed by atoms with Gasteiger partial charge in [0.25, 0.3) is 0 Å². The fourth-order valence-corrected chi connectivity index (χ4v) is 3.63. The summed E-state index contributed by atoms with van der Waals surface area (Å²) in [5, 5.41) is 7.01. The van der Waals surface area contributed by atoms with Crippen LogP contribution in [0.4, 0.5) is 23.1 Å². The lowest BCUT2D eigenvalue weighted by Gasteiger charge is -2.13. The van der Waals surface area contributed by atoms with E-state index in [9.17, 15) is 0 Å². The van der Waals surface area contributed by atoms with E-state index in [1.807, 2.05) is 36.0 Å². The first-order valence-corrected chi connectivity index (χ1v) is 9.01. The minimum absolute atomic E-state index is 0.486. The number of fused-ring (bicyclic) bond motifs is 6. The van der Waals surface area contributed by atoms with Gasteiger partial charge in [-0.2, -0.15) is 4.98 Å². The summed E-state index contributed by atoms with van der Waals surface area (Å²) < 4.78 is 0. The van der Waals surface area contributed by atoms with E-state index in [0.29, 0.717) is 16.8 Å². The van der Waals surface area contributed by atoms with Gasteiger partial charge in [-0.25, -0.2) is 4.98 Å². The average Bonchev–Trinajstić information content (AvgIpc) is 2.58. The van der Waals surface area contributed by atoms with Gasteiger partial charge in [0.15, 0.2) is 5.82 Å². The van der Waals surface area contributed by atoms with Crippen LogP contribution in [0.3, 0.4) is 0 Å². The first-order chi connectivity index (χ1) is 11.8. The summed E-state index contributed by atoms with van der Waals surface area (Å²) in [6.07, 6.45) is 2.61. The van der Waals surface area contributed by atoms with Crippen LogP contribution in [0.2, 0.25) is 5.02 Å². The summed E-state index contributed by atoms with van der Waals surface area (Å²) >= 11 is 8.08. The van der Waals surface area contributed by atoms with Gasteiger partial charge in [-0.15, -0.1) is 11.8 Å². The zero-order chi connectivity index (χ0) is 16.4. The van der Waals surface area contributed by atoms with Crippen molar-refractivity contribution in [1.82, 2.24) is 9.97 Å². The molecule has 0 aliphatic carbocycles. The van der Waals surface area contributed by atoms with Crippen molar-refractivity contribution >= 4 is 46.5 Å². The van der Waals surface area contributed by atoms with Crippen LogP contribution in [0.1, 0.15) is 5.56 Å². The van der Waals surface area contributed by atoms with Gasteiger partial charge in [0.05, 0.1) is 6.20 Å². The third kappa shape index (κ3) is 3.47. The first kappa shape index (κ1) is 15.3. The Bertz CT molecular complexity index is 884. The molecule has 24 heavy (non-hydrogen) atoms. The number of aromatic nitrogens is 2. The lowest BCUT2D eigenvalue weighted by Crippen LogP contribution is -2.02. The number of hydrogen-bond donors (Lipinski definition) is 2. The van der Waals surface area contributed by atoms with Crippen LogP contribution in [0.15, 0.2) is 59.6 Å². The molecule has 6 bridgehead atoms. The predicted molar refractivity (Wildman–Crippen MR) is 101 cm³/mol. The molecular weight excluding hydrogens is 340 g/mol. The standard InChI is InChI=1S/C18H15ClN4S/c19-16-11-20-18-22-13-4-1-3-12(9-13)7-8-24-15-6-2-5-14(10-15)21-17(16)23-18/h1-6,9-11H,7-8H2,(H2,20,21,22,23). The van der Waals surface area contributed by atoms with Crippen molar-refractivity contribution in [2.24, 2.45) is 0 Å². The highest BCUT2D eigenvalue weighted by Crippen LogP contribution is 2.28. The lowest BCUT2D eigenvalue weighted by atomic mass is 10.1. The fraction of sp³-hybridized carbons (Fsp3) is 0.111. The number of halogens is 1. The molecule has 3 aromatic rings. The number of thioether (sulfide) groups is 1. The Hall–Kier alpha value is -2.24. The maximum atomic E-state index is 6.24. The van der Waals surface area contributed by atoms with Crippen molar-refractivity contribution in [2.75, 3.05) is 16.4 Å². The lowest BCUT2D eigenvalue weighted by molar-refractivity contribution is 1.14. The molecule has 0 saturated heterocycles. The van der Waals surface area contributed by atoms with Gasteiger partial charge in [-0.1, -0.05) is 29.8 Å². The van der Waals surface area contributed by atoms with Crippen molar-refractivity contribution in [3.63, 3.8) is 0 Å². The maximum absolute atomic E-state index is 6.24. The Morgan fingerprint density at radius 3 is 2.75 bits per heavy atom. The van der Waals surface area contributed by atoms with E-state index >= 15 is 0 Å². The summed E-state index contributed by atoms with van der Waals surface area (Å²) in [7, 11) is 0. The minimum Gasteiger partial charge on any atom is -0.339 e. The van der Waals surface area contributed by atoms with Gasteiger partial charge in [-0.3, -0.25) is 0 Å². The predicted octanol–water partition coefficient (Wildman–Crippen LogP) is 5.27. The van der Waals surface area contributed by atoms with Crippen LogP contribution in [0.5, 0.6) is 0 Å². The third-order valence-corrected chi connectivity index (χ3v) is 4.96. The van der Waals surface area contributed by atoms with E-state index in [1.54, 1.807) is 6.20 Å². The molecule has 0 radical (unpaired) electrons. The molecule has 0 saturated carbocycles. The van der Waals surface area contributed by atoms with E-state index in [2.05, 4.69) is 44.9 Å². The molecule has 0 atom stereocenters. The summed E-state index contributed by atoms with van der Waals surface area (Å²) in [5.41, 5.74) is 3.22. The average molecular weight is 355 g/mol. The van der Waals surface area contributed by atoms with Gasteiger partial charge in [0, 0.05) is 22.0 Å². The summed E-state index contributed by atoms with van der Waals surface area (Å²) in [6, 6.07) is 16.6. The number of nitrogens with one attached hydrogen (secondary N) is 2. The Kier molecular flexibility index (Phi) is 4.28. The number of benzene rings is 2. The van der Waals surface area contributed by atoms with Gasteiger partial charge < -0.3 is 10.6 Å². The summed E-state index contributed by atoms with van der Waals surface area (Å²) in [5.74, 6) is 2.13. The number of aryl methyl sites for hydroxylation is 1. The molecule has 0 unspecified atom stereocenters. The quantitative estimate of drug-likeness (QED) is 0.576. The van der Waals surface area contributed by atoms with E-state index in [0.717, 1.165) is 23.5 Å². The second-order valence-corrected chi connectivity index (χ2v) is 7.04. The van der Waals surface area contributed by atoms with Crippen molar-refractivity contribution in [3.8, 4) is 0 Å². The Labute approximate surface area is 149 Å². The highest BCUT2D eigenvalue weighted by atomic mass is 35.5. The SMILES string of the molecule is Clc1cnc2nc1Nc1cccc(c1)SCCc1cccc(c1)N2. The van der Waals surface area contributed by atoms with E-state index in [4.69, 9.17) is 11.6 Å². The second kappa shape index (κ2) is 6.71. The van der Waals surface area contributed by atoms with Gasteiger partial charge in [0.2, 0.25) is 5.95 Å². The van der Waals surface area contributed by atoms with Crippen molar-refractivity contribution < 1.29 is 0 Å². The first-order valence-electron chi connectivity index (χ1n) is 7.65. The Balaban J connectivity index is 1.77. The minimum atomic E-state index is 0.486. The highest BCUT2D eigenvalue weighted by Gasteiger charge is 2.08. The maximum Gasteiger partial charge on any atom is 0.229 e. The van der Waals surface area contributed by atoms with E-state index in [1.165, 1.54) is 10.5 Å². The van der Waals surface area contributed by atoms with Crippen LogP contribution >= 0.6 is 23.4 Å². The van der Waals surface area contributed by atoms with Crippen LogP contribution in [-0.4, -0.2) is 15.7 Å². The summed E-state index contributed by atoms with van der Waals surface area (Å²) in [4.78, 5) is 9.98. The molecule has 0 amide bonds. The topological polar surface area (TPSA) is 49.8 Å². The molecule has 2 N–H and O–H groups in total. The molecule has 4 rings (SSSR count). The third-order valence-electron chi connectivity index (χ3n) is 3.68.